The number of rotatable bonds is 6. The van der Waals surface area contributed by atoms with Crippen LogP contribution in [0.1, 0.15) is 31.3 Å². The molecule has 4 nitrogen and oxygen atoms in total. The lowest BCUT2D eigenvalue weighted by Crippen LogP contribution is -2.36. The third-order valence-corrected chi connectivity index (χ3v) is 3.77. The molecule has 0 bridgehead atoms. The highest BCUT2D eigenvalue weighted by atomic mass is 16.2. The summed E-state index contributed by atoms with van der Waals surface area (Å²) in [4.78, 5) is 18.6. The Labute approximate surface area is 132 Å². The molecule has 0 fully saturated rings. The molecule has 0 aliphatic rings. The van der Waals surface area contributed by atoms with E-state index in [1.54, 1.807) is 6.20 Å². The summed E-state index contributed by atoms with van der Waals surface area (Å²) in [5, 5.41) is 0. The highest BCUT2D eigenvalue weighted by molar-refractivity contribution is 5.80. The second-order valence-corrected chi connectivity index (χ2v) is 5.25. The molecule has 22 heavy (non-hydrogen) atoms. The molecule has 1 unspecified atom stereocenters. The van der Waals surface area contributed by atoms with Gasteiger partial charge in [-0.1, -0.05) is 42.5 Å². The molecule has 0 saturated heterocycles. The predicted molar refractivity (Wildman–Crippen MR) is 89.4 cm³/mol. The molecule has 0 saturated carbocycles. The quantitative estimate of drug-likeness (QED) is 0.820. The van der Waals surface area contributed by atoms with Gasteiger partial charge >= 0.3 is 0 Å². The first-order valence-electron chi connectivity index (χ1n) is 7.63. The molecule has 116 valence electrons. The lowest BCUT2D eigenvalue weighted by molar-refractivity contribution is -0.133. The van der Waals surface area contributed by atoms with Crippen molar-refractivity contribution < 1.29 is 4.79 Å². The molecular weight excluding hydrogens is 274 g/mol. The van der Waals surface area contributed by atoms with Crippen LogP contribution in [0.25, 0.3) is 6.08 Å². The molecule has 1 amide bonds. The van der Waals surface area contributed by atoms with E-state index in [2.05, 4.69) is 4.98 Å². The molecule has 1 aromatic heterocycles. The van der Waals surface area contributed by atoms with Gasteiger partial charge in [0.15, 0.2) is 0 Å². The van der Waals surface area contributed by atoms with Crippen LogP contribution in [-0.2, 0) is 4.79 Å². The van der Waals surface area contributed by atoms with E-state index in [0.29, 0.717) is 13.1 Å². The van der Waals surface area contributed by atoms with Gasteiger partial charge in [-0.05, 0) is 26.3 Å². The van der Waals surface area contributed by atoms with Crippen molar-refractivity contribution in [3.8, 4) is 0 Å². The fourth-order valence-corrected chi connectivity index (χ4v) is 2.44. The van der Waals surface area contributed by atoms with Gasteiger partial charge in [0, 0.05) is 25.5 Å². The fourth-order valence-electron chi connectivity index (χ4n) is 2.44. The Morgan fingerprint density at radius 2 is 2.09 bits per heavy atom. The summed E-state index contributed by atoms with van der Waals surface area (Å²) in [5.41, 5.74) is 1.14. The first-order valence-corrected chi connectivity index (χ1v) is 7.63. The summed E-state index contributed by atoms with van der Waals surface area (Å²) in [7, 11) is 0. The number of imidazole rings is 1. The van der Waals surface area contributed by atoms with Crippen molar-refractivity contribution in [1.82, 2.24) is 14.5 Å². The summed E-state index contributed by atoms with van der Waals surface area (Å²) in [6, 6.07) is 9.87. The van der Waals surface area contributed by atoms with Gasteiger partial charge in [0.05, 0.1) is 0 Å². The minimum absolute atomic E-state index is 0.112. The van der Waals surface area contributed by atoms with E-state index in [1.807, 2.05) is 78.9 Å². The van der Waals surface area contributed by atoms with Gasteiger partial charge in [-0.2, -0.15) is 0 Å². The molecule has 2 aromatic rings. The lowest BCUT2D eigenvalue weighted by atomic mass is 10.2. The first kappa shape index (κ1) is 16.0. The average Bonchev–Trinajstić information content (AvgIpc) is 2.97. The highest BCUT2D eigenvalue weighted by Crippen LogP contribution is 2.12. The van der Waals surface area contributed by atoms with Crippen LogP contribution in [0.4, 0.5) is 0 Å². The van der Waals surface area contributed by atoms with Crippen LogP contribution < -0.4 is 0 Å². The Bertz CT molecular complexity index is 631. The Morgan fingerprint density at radius 3 is 2.68 bits per heavy atom. The van der Waals surface area contributed by atoms with Crippen LogP contribution in [0.2, 0.25) is 0 Å². The van der Waals surface area contributed by atoms with Crippen molar-refractivity contribution in [2.24, 2.45) is 0 Å². The van der Waals surface area contributed by atoms with Crippen molar-refractivity contribution in [1.29, 1.82) is 0 Å². The Hall–Kier alpha value is -2.36. The number of benzene rings is 1. The van der Waals surface area contributed by atoms with E-state index in [1.165, 1.54) is 0 Å². The van der Waals surface area contributed by atoms with Crippen LogP contribution in [0.5, 0.6) is 0 Å². The summed E-state index contributed by atoms with van der Waals surface area (Å²) < 4.78 is 1.91. The zero-order valence-electron chi connectivity index (χ0n) is 13.4. The molecular formula is C18H23N3O. The number of carbonyl (C=O) groups excluding carboxylic acids is 1. The smallest absolute Gasteiger partial charge is 0.245 e. The van der Waals surface area contributed by atoms with Crippen molar-refractivity contribution >= 4 is 12.0 Å². The molecule has 1 aromatic carbocycles. The summed E-state index contributed by atoms with van der Waals surface area (Å²) in [5.74, 6) is 0.970. The summed E-state index contributed by atoms with van der Waals surface area (Å²) >= 11 is 0. The number of hydrogen-bond donors (Lipinski definition) is 0. The van der Waals surface area contributed by atoms with Gasteiger partial charge in [0.2, 0.25) is 5.91 Å². The van der Waals surface area contributed by atoms with Gasteiger partial charge < -0.3 is 9.47 Å². The number of hydrogen-bond acceptors (Lipinski definition) is 2. The van der Waals surface area contributed by atoms with E-state index in [4.69, 9.17) is 0 Å². The number of aryl methyl sites for hydroxylation is 1. The van der Waals surface area contributed by atoms with Crippen LogP contribution >= 0.6 is 0 Å². The maximum Gasteiger partial charge on any atom is 0.245 e. The second kappa shape index (κ2) is 7.59. The molecule has 1 heterocycles. The number of amides is 1. The SMILES string of the molecule is CCN(CC=Cc1ccccc1)C(=O)C(C)n1ccnc1C. The van der Waals surface area contributed by atoms with E-state index < -0.39 is 0 Å². The predicted octanol–water partition coefficient (Wildman–Crippen LogP) is 3.31. The number of likely N-dealkylation sites (N-methyl/N-ethyl adjacent to an activating group) is 1. The number of nitrogens with zero attached hydrogens (tertiary/aromatic N) is 3. The minimum Gasteiger partial charge on any atom is -0.337 e. The van der Waals surface area contributed by atoms with E-state index in [-0.39, 0.29) is 11.9 Å². The third-order valence-electron chi connectivity index (χ3n) is 3.77. The van der Waals surface area contributed by atoms with Gasteiger partial charge in [0.1, 0.15) is 11.9 Å². The molecule has 0 radical (unpaired) electrons. The molecule has 0 aliphatic carbocycles. The van der Waals surface area contributed by atoms with Crippen LogP contribution in [0.3, 0.4) is 0 Å². The van der Waals surface area contributed by atoms with Crippen LogP contribution in [-0.4, -0.2) is 33.4 Å². The number of aromatic nitrogens is 2. The zero-order valence-corrected chi connectivity index (χ0v) is 13.4. The van der Waals surface area contributed by atoms with Gasteiger partial charge in [-0.3, -0.25) is 4.79 Å². The van der Waals surface area contributed by atoms with Crippen molar-refractivity contribution in [2.75, 3.05) is 13.1 Å². The largest absolute Gasteiger partial charge is 0.337 e. The Kier molecular flexibility index (Phi) is 5.53. The van der Waals surface area contributed by atoms with Crippen molar-refractivity contribution in [3.63, 3.8) is 0 Å². The first-order chi connectivity index (χ1) is 10.6. The third kappa shape index (κ3) is 3.85. The van der Waals surface area contributed by atoms with E-state index in [0.717, 1.165) is 11.4 Å². The lowest BCUT2D eigenvalue weighted by Gasteiger charge is -2.24. The van der Waals surface area contributed by atoms with Gasteiger partial charge in [-0.15, -0.1) is 0 Å². The Morgan fingerprint density at radius 1 is 1.36 bits per heavy atom. The summed E-state index contributed by atoms with van der Waals surface area (Å²) in [6.07, 6.45) is 7.66. The molecule has 1 atom stereocenters. The topological polar surface area (TPSA) is 38.1 Å². The Balaban J connectivity index is 2.00. The maximum atomic E-state index is 12.6. The molecule has 0 aliphatic heterocycles. The van der Waals surface area contributed by atoms with Crippen LogP contribution in [0.15, 0.2) is 48.8 Å². The van der Waals surface area contributed by atoms with Crippen molar-refractivity contribution in [3.05, 3.63) is 60.2 Å². The van der Waals surface area contributed by atoms with Crippen LogP contribution in [0, 0.1) is 6.92 Å². The maximum absolute atomic E-state index is 12.6. The van der Waals surface area contributed by atoms with Gasteiger partial charge in [0.25, 0.3) is 0 Å². The molecule has 2 rings (SSSR count). The average molecular weight is 297 g/mol. The molecule has 4 heteroatoms. The number of carbonyl (C=O) groups is 1. The normalized spacial score (nSPS) is 12.5. The highest BCUT2D eigenvalue weighted by Gasteiger charge is 2.20. The molecule has 0 spiro atoms. The fraction of sp³-hybridized carbons (Fsp3) is 0.333. The van der Waals surface area contributed by atoms with Gasteiger partial charge in [-0.25, -0.2) is 4.98 Å². The minimum atomic E-state index is -0.229. The standard InChI is InChI=1S/C18H23N3O/c1-4-20(13-8-11-17-9-6-5-7-10-17)18(22)15(2)21-14-12-19-16(21)3/h5-12,14-15H,4,13H2,1-3H3. The second-order valence-electron chi connectivity index (χ2n) is 5.25. The van der Waals surface area contributed by atoms with E-state index >= 15 is 0 Å². The monoisotopic (exact) mass is 297 g/mol. The zero-order chi connectivity index (χ0) is 15.9. The molecule has 0 N–H and O–H groups in total. The van der Waals surface area contributed by atoms with Crippen molar-refractivity contribution in [2.45, 2.75) is 26.8 Å². The van der Waals surface area contributed by atoms with E-state index in [9.17, 15) is 4.79 Å². The summed E-state index contributed by atoms with van der Waals surface area (Å²) in [6.45, 7) is 7.13.